The number of anilines is 8. The van der Waals surface area contributed by atoms with Crippen molar-refractivity contribution in [3.05, 3.63) is 140 Å². The maximum Gasteiger partial charge on any atom is 0.421 e. The average molecular weight is 1040 g/mol. The van der Waals surface area contributed by atoms with Gasteiger partial charge in [0.1, 0.15) is 22.8 Å². The molecule has 2 aromatic heterocycles. The summed E-state index contributed by atoms with van der Waals surface area (Å²) in [7, 11) is -0.253. The summed E-state index contributed by atoms with van der Waals surface area (Å²) < 4.78 is 108. The quantitative estimate of drug-likeness (QED) is 0.0397. The van der Waals surface area contributed by atoms with Crippen LogP contribution in [0.5, 0.6) is 0 Å². The number of para-hydroxylation sites is 2. The van der Waals surface area contributed by atoms with Crippen LogP contribution in [-0.2, 0) is 39.2 Å². The van der Waals surface area contributed by atoms with Gasteiger partial charge in [-0.05, 0) is 91.5 Å². The van der Waals surface area contributed by atoms with Crippen LogP contribution in [0.15, 0.2) is 106 Å². The van der Waals surface area contributed by atoms with Gasteiger partial charge in [0.15, 0.2) is 0 Å². The Labute approximate surface area is 377 Å². The Morgan fingerprint density at radius 2 is 0.984 bits per heavy atom. The van der Waals surface area contributed by atoms with Crippen molar-refractivity contribution in [2.75, 3.05) is 35.4 Å². The number of benzene rings is 4. The fourth-order valence-electron chi connectivity index (χ4n) is 5.66. The molecule has 0 bridgehead atoms. The topological polar surface area (TPSA) is 193 Å². The van der Waals surface area contributed by atoms with Gasteiger partial charge in [-0.3, -0.25) is 14.2 Å². The van der Waals surface area contributed by atoms with E-state index in [0.29, 0.717) is 43.8 Å². The smallest absolute Gasteiger partial charge is 0.355 e. The number of rotatable bonds is 16. The van der Waals surface area contributed by atoms with Gasteiger partial charge in [0.25, 0.3) is 11.8 Å². The van der Waals surface area contributed by atoms with Crippen molar-refractivity contribution >= 4 is 98.2 Å². The number of alkyl halides is 6. The molecule has 4 aromatic carbocycles. The minimum absolute atomic E-state index is 0.0902. The van der Waals surface area contributed by atoms with Crippen LogP contribution >= 0.6 is 40.1 Å². The van der Waals surface area contributed by atoms with Crippen LogP contribution in [0, 0.1) is 0 Å². The molecule has 0 aliphatic carbocycles. The SMILES string of the molecule is CNC(=O)c1ccccc1Nc1nc(Nc2ccc(CO[PH](=O)OCc3ccc(Nc4ncc(C(F)(F)F)c(Nc5ccccc5C(=O)NC)n4)c(Br)c3)cc2Br)ncc1C(F)(F)F. The third-order valence-electron chi connectivity index (χ3n) is 8.77. The number of carbonyl (C=O) groups is 2. The minimum atomic E-state index is -4.82. The molecule has 6 aromatic rings. The Kier molecular flexibility index (Phi) is 15.2. The third-order valence-corrected chi connectivity index (χ3v) is 10.8. The van der Waals surface area contributed by atoms with E-state index in [9.17, 15) is 40.5 Å². The normalized spacial score (nSPS) is 11.5. The maximum absolute atomic E-state index is 13.9. The van der Waals surface area contributed by atoms with Gasteiger partial charge in [-0.1, -0.05) is 36.4 Å². The number of nitrogens with one attached hydrogen (secondary N) is 6. The lowest BCUT2D eigenvalue weighted by Gasteiger charge is -2.17. The molecule has 0 unspecified atom stereocenters. The van der Waals surface area contributed by atoms with Gasteiger partial charge in [0, 0.05) is 35.4 Å². The van der Waals surface area contributed by atoms with E-state index in [1.165, 1.54) is 38.4 Å². The molecule has 334 valence electrons. The first-order chi connectivity index (χ1) is 30.4. The molecule has 0 saturated carbocycles. The maximum atomic E-state index is 13.9. The lowest BCUT2D eigenvalue weighted by Crippen LogP contribution is -2.20. The summed E-state index contributed by atoms with van der Waals surface area (Å²) in [6, 6.07) is 21.6. The molecule has 0 atom stereocenters. The van der Waals surface area contributed by atoms with Crippen LogP contribution in [0.25, 0.3) is 0 Å². The van der Waals surface area contributed by atoms with Gasteiger partial charge in [-0.2, -0.15) is 36.3 Å². The first-order valence-corrected chi connectivity index (χ1v) is 21.2. The molecule has 0 aliphatic rings. The second kappa shape index (κ2) is 20.6. The minimum Gasteiger partial charge on any atom is -0.355 e. The van der Waals surface area contributed by atoms with Crippen LogP contribution in [-0.4, -0.2) is 45.8 Å². The summed E-state index contributed by atoms with van der Waals surface area (Å²) in [5.41, 5.74) is -0.0826. The summed E-state index contributed by atoms with van der Waals surface area (Å²) in [6.07, 6.45) is -8.40. The highest BCUT2D eigenvalue weighted by molar-refractivity contribution is 9.11. The molecular formula is C40H33Br2F6N10O5P. The lowest BCUT2D eigenvalue weighted by atomic mass is 10.1. The zero-order chi connectivity index (χ0) is 46.2. The van der Waals surface area contributed by atoms with Crippen LogP contribution in [0.3, 0.4) is 0 Å². The highest BCUT2D eigenvalue weighted by Crippen LogP contribution is 2.39. The molecule has 24 heteroatoms. The third kappa shape index (κ3) is 12.1. The summed E-state index contributed by atoms with van der Waals surface area (Å²) in [6.45, 7) is -0.277. The van der Waals surface area contributed by atoms with Crippen molar-refractivity contribution < 1.29 is 49.5 Å². The first kappa shape index (κ1) is 47.4. The van der Waals surface area contributed by atoms with Crippen molar-refractivity contribution in [1.82, 2.24) is 30.6 Å². The molecule has 2 amide bonds. The molecule has 6 rings (SSSR count). The van der Waals surface area contributed by atoms with Gasteiger partial charge in [-0.25, -0.2) is 9.97 Å². The number of nitrogens with zero attached hydrogens (tertiary/aromatic N) is 4. The predicted octanol–water partition coefficient (Wildman–Crippen LogP) is 10.6. The van der Waals surface area contributed by atoms with Crippen molar-refractivity contribution in [2.45, 2.75) is 25.6 Å². The number of carbonyl (C=O) groups excluding carboxylic acids is 2. The largest absolute Gasteiger partial charge is 0.421 e. The zero-order valence-electron chi connectivity index (χ0n) is 33.0. The fourth-order valence-corrected chi connectivity index (χ4v) is 7.36. The highest BCUT2D eigenvalue weighted by Gasteiger charge is 2.37. The van der Waals surface area contributed by atoms with Crippen LogP contribution in [0.2, 0.25) is 0 Å². The summed E-state index contributed by atoms with van der Waals surface area (Å²) in [5, 5.41) is 15.8. The molecule has 64 heavy (non-hydrogen) atoms. The van der Waals surface area contributed by atoms with E-state index in [4.69, 9.17) is 9.05 Å². The average Bonchev–Trinajstić information content (AvgIpc) is 3.25. The highest BCUT2D eigenvalue weighted by atomic mass is 79.9. The van der Waals surface area contributed by atoms with Gasteiger partial charge < -0.3 is 40.9 Å². The summed E-state index contributed by atoms with van der Waals surface area (Å²) >= 11 is 6.80. The number of halogens is 8. The Bertz CT molecular complexity index is 2540. The van der Waals surface area contributed by atoms with Crippen LogP contribution in [0.1, 0.15) is 43.0 Å². The molecule has 0 aliphatic heterocycles. The van der Waals surface area contributed by atoms with Crippen molar-refractivity contribution in [1.29, 1.82) is 0 Å². The molecule has 0 radical (unpaired) electrons. The van der Waals surface area contributed by atoms with E-state index in [2.05, 4.69) is 83.7 Å². The van der Waals surface area contributed by atoms with Gasteiger partial charge in [-0.15, -0.1) is 0 Å². The molecule has 0 fully saturated rings. The Hall–Kier alpha value is -6.13. The van der Waals surface area contributed by atoms with Crippen LogP contribution in [0.4, 0.5) is 72.6 Å². The Balaban J connectivity index is 1.05. The first-order valence-electron chi connectivity index (χ1n) is 18.4. The van der Waals surface area contributed by atoms with Crippen molar-refractivity contribution in [3.63, 3.8) is 0 Å². The second-order valence-corrected chi connectivity index (χ2v) is 15.9. The van der Waals surface area contributed by atoms with Crippen molar-refractivity contribution in [3.8, 4) is 0 Å². The van der Waals surface area contributed by atoms with E-state index < -0.39 is 55.2 Å². The Morgan fingerprint density at radius 1 is 0.594 bits per heavy atom. The molecule has 2 heterocycles. The monoisotopic (exact) mass is 1040 g/mol. The van der Waals surface area contributed by atoms with E-state index in [1.54, 1.807) is 60.7 Å². The molecular weight excluding hydrogens is 1010 g/mol. The van der Waals surface area contributed by atoms with Crippen LogP contribution < -0.4 is 31.9 Å². The standard InChI is InChI=1S/C40H33Br2F6N10O5P/c1-49-35(59)23-7-3-5-9-29(23)53-33-25(39(43,44)45)17-51-37(57-33)55-31-13-11-21(15-27(31)41)19-62-64(61)63-20-22-12-14-32(28(42)16-22)56-38-52-18-26(40(46,47)48)34(58-38)54-30-10-6-4-8-24(30)36(60)50-2/h3-18,64H,19-20H2,1-2H3,(H,49,59)(H,50,60)(H2,51,53,55,57)(H2,52,54,56,58). The lowest BCUT2D eigenvalue weighted by molar-refractivity contribution is -0.138. The van der Waals surface area contributed by atoms with E-state index in [0.717, 1.165) is 0 Å². The fraction of sp³-hybridized carbons (Fsp3) is 0.150. The number of hydrogen-bond donors (Lipinski definition) is 6. The van der Waals surface area contributed by atoms with E-state index >= 15 is 0 Å². The summed E-state index contributed by atoms with van der Waals surface area (Å²) in [4.78, 5) is 40.4. The zero-order valence-corrected chi connectivity index (χ0v) is 37.2. The van der Waals surface area contributed by atoms with Gasteiger partial charge in [0.05, 0.1) is 47.1 Å². The number of amides is 2. The van der Waals surface area contributed by atoms with E-state index in [-0.39, 0.29) is 47.6 Å². The van der Waals surface area contributed by atoms with Gasteiger partial charge >= 0.3 is 20.6 Å². The molecule has 6 N–H and O–H groups in total. The number of aromatic nitrogens is 4. The van der Waals surface area contributed by atoms with Crippen molar-refractivity contribution in [2.24, 2.45) is 0 Å². The second-order valence-electron chi connectivity index (χ2n) is 13.1. The summed E-state index contributed by atoms with van der Waals surface area (Å²) in [5.74, 6) is -2.60. The van der Waals surface area contributed by atoms with Gasteiger partial charge in [0.2, 0.25) is 11.9 Å². The van der Waals surface area contributed by atoms with E-state index in [1.807, 2.05) is 0 Å². The Morgan fingerprint density at radius 3 is 1.34 bits per heavy atom. The molecule has 0 spiro atoms. The molecule has 0 saturated heterocycles. The number of hydrogen-bond acceptors (Lipinski definition) is 13. The molecule has 15 nitrogen and oxygen atoms in total. The predicted molar refractivity (Wildman–Crippen MR) is 234 cm³/mol.